The van der Waals surface area contributed by atoms with E-state index < -0.39 is 0 Å². The van der Waals surface area contributed by atoms with Gasteiger partial charge in [0.05, 0.1) is 7.11 Å². The average molecular weight is 271 g/mol. The Labute approximate surface area is 118 Å². The lowest BCUT2D eigenvalue weighted by atomic mass is 10.2. The minimum absolute atomic E-state index is 0.318. The van der Waals surface area contributed by atoms with Gasteiger partial charge in [-0.2, -0.15) is 0 Å². The number of carbonyl (C=O) groups is 1. The van der Waals surface area contributed by atoms with E-state index in [-0.39, 0.29) is 5.97 Å². The smallest absolute Gasteiger partial charge is 0.308 e. The Bertz CT molecular complexity index is 576. The molecule has 0 spiro atoms. The van der Waals surface area contributed by atoms with E-state index in [0.29, 0.717) is 5.75 Å². The van der Waals surface area contributed by atoms with Crippen LogP contribution in [0.3, 0.4) is 0 Å². The number of ether oxygens (including phenoxy) is 2. The fraction of sp³-hybridized carbons (Fsp3) is 0.188. The minimum Gasteiger partial charge on any atom is -0.497 e. The van der Waals surface area contributed by atoms with Crippen LogP contribution in [0, 0.1) is 0 Å². The molecule has 0 amide bonds. The lowest BCUT2D eigenvalue weighted by molar-refractivity contribution is -0.131. The van der Waals surface area contributed by atoms with Crippen LogP contribution in [0.1, 0.15) is 6.92 Å². The zero-order chi connectivity index (χ0) is 14.5. The average Bonchev–Trinajstić information content (AvgIpc) is 2.47. The Morgan fingerprint density at radius 2 is 1.35 bits per heavy atom. The first-order valence-electron chi connectivity index (χ1n) is 6.26. The highest BCUT2D eigenvalue weighted by Gasteiger charge is 2.05. The predicted octanol–water partition coefficient (Wildman–Crippen LogP) is 3.39. The maximum atomic E-state index is 10.9. The molecule has 0 fully saturated rings. The van der Waals surface area contributed by atoms with Gasteiger partial charge in [0.15, 0.2) is 0 Å². The first kappa shape index (κ1) is 13.9. The van der Waals surface area contributed by atoms with Gasteiger partial charge < -0.3 is 14.4 Å². The topological polar surface area (TPSA) is 38.8 Å². The highest BCUT2D eigenvalue weighted by atomic mass is 16.5. The van der Waals surface area contributed by atoms with Gasteiger partial charge in [-0.15, -0.1) is 0 Å². The minimum atomic E-state index is -0.318. The molecule has 104 valence electrons. The molecule has 0 aromatic heterocycles. The molecule has 0 heterocycles. The third-order valence-electron chi connectivity index (χ3n) is 2.95. The largest absolute Gasteiger partial charge is 0.497 e. The van der Waals surface area contributed by atoms with Gasteiger partial charge in [-0.25, -0.2) is 0 Å². The summed E-state index contributed by atoms with van der Waals surface area (Å²) in [4.78, 5) is 12.9. The van der Waals surface area contributed by atoms with Gasteiger partial charge in [0.2, 0.25) is 0 Å². The summed E-state index contributed by atoms with van der Waals surface area (Å²) in [6.07, 6.45) is 0. The Kier molecular flexibility index (Phi) is 4.25. The maximum Gasteiger partial charge on any atom is 0.308 e. The molecule has 2 rings (SSSR count). The van der Waals surface area contributed by atoms with E-state index in [2.05, 4.69) is 0 Å². The third-order valence-corrected chi connectivity index (χ3v) is 2.95. The van der Waals surface area contributed by atoms with Crippen LogP contribution in [0.5, 0.6) is 11.5 Å². The van der Waals surface area contributed by atoms with Crippen LogP contribution in [0.15, 0.2) is 48.5 Å². The van der Waals surface area contributed by atoms with Gasteiger partial charge in [-0.3, -0.25) is 4.79 Å². The van der Waals surface area contributed by atoms with Gasteiger partial charge in [-0.1, -0.05) is 0 Å². The van der Waals surface area contributed by atoms with Crippen LogP contribution in [0.4, 0.5) is 11.4 Å². The summed E-state index contributed by atoms with van der Waals surface area (Å²) < 4.78 is 10.2. The van der Waals surface area contributed by atoms with Crippen LogP contribution in [0.25, 0.3) is 0 Å². The molecule has 0 aliphatic rings. The molecule has 20 heavy (non-hydrogen) atoms. The molecule has 0 aliphatic heterocycles. The van der Waals surface area contributed by atoms with Crippen LogP contribution in [-0.4, -0.2) is 20.1 Å². The standard InChI is InChI=1S/C16H17NO3/c1-12(18)20-16-10-6-14(7-11-16)17(2)13-4-8-15(19-3)9-5-13/h4-11H,1-3H3. The van der Waals surface area contributed by atoms with Crippen LogP contribution < -0.4 is 14.4 Å². The first-order chi connectivity index (χ1) is 9.60. The summed E-state index contributed by atoms with van der Waals surface area (Å²) >= 11 is 0. The molecule has 0 atom stereocenters. The lowest BCUT2D eigenvalue weighted by Gasteiger charge is -2.20. The van der Waals surface area contributed by atoms with Crippen molar-refractivity contribution in [3.05, 3.63) is 48.5 Å². The molecule has 0 bridgehead atoms. The monoisotopic (exact) mass is 271 g/mol. The summed E-state index contributed by atoms with van der Waals surface area (Å²) in [5.74, 6) is 1.05. The SMILES string of the molecule is COc1ccc(N(C)c2ccc(OC(C)=O)cc2)cc1. The molecule has 4 heteroatoms. The molecule has 2 aromatic rings. The van der Waals surface area contributed by atoms with Crippen molar-refractivity contribution in [1.82, 2.24) is 0 Å². The Hall–Kier alpha value is -2.49. The number of benzene rings is 2. The second-order valence-corrected chi connectivity index (χ2v) is 4.34. The third kappa shape index (κ3) is 3.29. The quantitative estimate of drug-likeness (QED) is 0.631. The van der Waals surface area contributed by atoms with Crippen LogP contribution in [0.2, 0.25) is 0 Å². The van der Waals surface area contributed by atoms with Crippen molar-refractivity contribution in [1.29, 1.82) is 0 Å². The zero-order valence-corrected chi connectivity index (χ0v) is 11.8. The van der Waals surface area contributed by atoms with E-state index in [1.165, 1.54) is 6.92 Å². The normalized spacial score (nSPS) is 9.95. The highest BCUT2D eigenvalue weighted by Crippen LogP contribution is 2.27. The van der Waals surface area contributed by atoms with Gasteiger partial charge in [-0.05, 0) is 48.5 Å². The van der Waals surface area contributed by atoms with E-state index in [4.69, 9.17) is 9.47 Å². The van der Waals surface area contributed by atoms with E-state index in [9.17, 15) is 4.79 Å². The first-order valence-corrected chi connectivity index (χ1v) is 6.26. The molecule has 0 N–H and O–H groups in total. The Morgan fingerprint density at radius 1 is 0.900 bits per heavy atom. The molecule has 0 saturated carbocycles. The number of methoxy groups -OCH3 is 1. The predicted molar refractivity (Wildman–Crippen MR) is 78.8 cm³/mol. The van der Waals surface area contributed by atoms with E-state index in [1.54, 1.807) is 19.2 Å². The van der Waals surface area contributed by atoms with Gasteiger partial charge >= 0.3 is 5.97 Å². The summed E-state index contributed by atoms with van der Waals surface area (Å²) in [6, 6.07) is 15.2. The van der Waals surface area contributed by atoms with Crippen molar-refractivity contribution < 1.29 is 14.3 Å². The highest BCUT2D eigenvalue weighted by molar-refractivity contribution is 5.70. The fourth-order valence-electron chi connectivity index (χ4n) is 1.86. The summed E-state index contributed by atoms with van der Waals surface area (Å²) in [7, 11) is 3.62. The number of rotatable bonds is 4. The second-order valence-electron chi connectivity index (χ2n) is 4.34. The van der Waals surface area contributed by atoms with E-state index >= 15 is 0 Å². The van der Waals surface area contributed by atoms with Crippen molar-refractivity contribution in [2.75, 3.05) is 19.1 Å². The number of hydrogen-bond acceptors (Lipinski definition) is 4. The molecule has 4 nitrogen and oxygen atoms in total. The molecule has 0 saturated heterocycles. The van der Waals surface area contributed by atoms with E-state index in [0.717, 1.165) is 17.1 Å². The van der Waals surface area contributed by atoms with Gasteiger partial charge in [0, 0.05) is 25.3 Å². The van der Waals surface area contributed by atoms with Crippen molar-refractivity contribution in [3.63, 3.8) is 0 Å². The Balaban J connectivity index is 2.15. The molecular formula is C16H17NO3. The van der Waals surface area contributed by atoms with Crippen molar-refractivity contribution in [2.24, 2.45) is 0 Å². The van der Waals surface area contributed by atoms with Gasteiger partial charge in [0.1, 0.15) is 11.5 Å². The number of carbonyl (C=O) groups excluding carboxylic acids is 1. The number of esters is 1. The Morgan fingerprint density at radius 3 is 1.75 bits per heavy atom. The lowest BCUT2D eigenvalue weighted by Crippen LogP contribution is -2.09. The molecule has 2 aromatic carbocycles. The zero-order valence-electron chi connectivity index (χ0n) is 11.8. The summed E-state index contributed by atoms with van der Waals surface area (Å²) in [6.45, 7) is 1.39. The van der Waals surface area contributed by atoms with Crippen LogP contribution >= 0.6 is 0 Å². The van der Waals surface area contributed by atoms with E-state index in [1.807, 2.05) is 48.3 Å². The fourth-order valence-corrected chi connectivity index (χ4v) is 1.86. The van der Waals surface area contributed by atoms with Crippen molar-refractivity contribution >= 4 is 17.3 Å². The molecular weight excluding hydrogens is 254 g/mol. The number of nitrogens with zero attached hydrogens (tertiary/aromatic N) is 1. The van der Waals surface area contributed by atoms with Crippen molar-refractivity contribution in [3.8, 4) is 11.5 Å². The van der Waals surface area contributed by atoms with Crippen LogP contribution in [-0.2, 0) is 4.79 Å². The second kappa shape index (κ2) is 6.10. The molecule has 0 radical (unpaired) electrons. The van der Waals surface area contributed by atoms with Gasteiger partial charge in [0.25, 0.3) is 0 Å². The molecule has 0 unspecified atom stereocenters. The number of anilines is 2. The summed E-state index contributed by atoms with van der Waals surface area (Å²) in [5.41, 5.74) is 2.05. The van der Waals surface area contributed by atoms with Crippen molar-refractivity contribution in [2.45, 2.75) is 6.92 Å². The number of hydrogen-bond donors (Lipinski definition) is 0. The molecule has 0 aliphatic carbocycles. The maximum absolute atomic E-state index is 10.9. The summed E-state index contributed by atoms with van der Waals surface area (Å²) in [5, 5.41) is 0.